The van der Waals surface area contributed by atoms with Crippen molar-refractivity contribution in [3.63, 3.8) is 0 Å². The van der Waals surface area contributed by atoms with E-state index < -0.39 is 17.8 Å². The van der Waals surface area contributed by atoms with Crippen LogP contribution in [0.2, 0.25) is 20.1 Å². The SMILES string of the molecule is CCOc1cc(/C=N/NC(=O)C(=O)Nc2ccc(Cl)c(Cl)c2)ccc1OC(=O)c1ccc(Cl)cc1Cl. The Morgan fingerprint density at radius 1 is 0.861 bits per heavy atom. The second-order valence-electron chi connectivity index (χ2n) is 6.94. The highest BCUT2D eigenvalue weighted by atomic mass is 35.5. The van der Waals surface area contributed by atoms with Gasteiger partial charge in [0.05, 0.1) is 33.5 Å². The van der Waals surface area contributed by atoms with Gasteiger partial charge in [0.15, 0.2) is 11.5 Å². The summed E-state index contributed by atoms with van der Waals surface area (Å²) in [6, 6.07) is 13.4. The van der Waals surface area contributed by atoms with Crippen molar-refractivity contribution < 1.29 is 23.9 Å². The number of benzene rings is 3. The number of rotatable bonds is 7. The van der Waals surface area contributed by atoms with Crippen LogP contribution in [0.5, 0.6) is 11.5 Å². The standard InChI is InChI=1S/C24H17Cl4N3O5/c1-2-35-21-9-13(3-8-20(21)36-24(34)16-6-4-14(25)10-18(16)27)12-29-31-23(33)22(32)30-15-5-7-17(26)19(28)11-15/h3-12H,2H2,1H3,(H,30,32)(H,31,33)/b29-12+. The average Bonchev–Trinajstić information content (AvgIpc) is 2.83. The molecular weight excluding hydrogens is 552 g/mol. The van der Waals surface area contributed by atoms with E-state index in [0.29, 0.717) is 27.9 Å². The van der Waals surface area contributed by atoms with E-state index in [0.717, 1.165) is 0 Å². The number of hydrazone groups is 1. The first kappa shape index (κ1) is 27.3. The number of carbonyl (C=O) groups is 3. The summed E-state index contributed by atoms with van der Waals surface area (Å²) >= 11 is 23.7. The molecule has 0 fully saturated rings. The minimum atomic E-state index is -1.01. The molecule has 0 unspecified atom stereocenters. The molecule has 0 saturated heterocycles. The quantitative estimate of drug-likeness (QED) is 0.119. The van der Waals surface area contributed by atoms with Gasteiger partial charge < -0.3 is 14.8 Å². The van der Waals surface area contributed by atoms with Crippen LogP contribution in [0.1, 0.15) is 22.8 Å². The number of anilines is 1. The van der Waals surface area contributed by atoms with Crippen molar-refractivity contribution in [2.75, 3.05) is 11.9 Å². The van der Waals surface area contributed by atoms with Gasteiger partial charge in [0.1, 0.15) is 0 Å². The highest BCUT2D eigenvalue weighted by Gasteiger charge is 2.17. The van der Waals surface area contributed by atoms with Crippen LogP contribution in [0.15, 0.2) is 59.7 Å². The predicted octanol–water partition coefficient (Wildman–Crippen LogP) is 6.01. The Kier molecular flexibility index (Phi) is 9.55. The van der Waals surface area contributed by atoms with Crippen LogP contribution in [0.4, 0.5) is 5.69 Å². The van der Waals surface area contributed by atoms with Crippen molar-refractivity contribution in [2.24, 2.45) is 5.10 Å². The molecule has 2 N–H and O–H groups in total. The van der Waals surface area contributed by atoms with Crippen molar-refractivity contribution in [1.29, 1.82) is 0 Å². The van der Waals surface area contributed by atoms with Crippen LogP contribution >= 0.6 is 46.4 Å². The molecule has 36 heavy (non-hydrogen) atoms. The Hall–Kier alpha value is -3.30. The smallest absolute Gasteiger partial charge is 0.345 e. The van der Waals surface area contributed by atoms with Crippen LogP contribution in [0.25, 0.3) is 0 Å². The molecule has 0 saturated carbocycles. The third kappa shape index (κ3) is 7.35. The zero-order valence-corrected chi connectivity index (χ0v) is 21.5. The monoisotopic (exact) mass is 567 g/mol. The fourth-order valence-corrected chi connectivity index (χ4v) is 3.53. The van der Waals surface area contributed by atoms with Gasteiger partial charge in [-0.2, -0.15) is 5.10 Å². The molecule has 3 aromatic carbocycles. The van der Waals surface area contributed by atoms with Crippen LogP contribution in [-0.4, -0.2) is 30.6 Å². The molecule has 186 valence electrons. The number of esters is 1. The Morgan fingerprint density at radius 2 is 1.64 bits per heavy atom. The van der Waals surface area contributed by atoms with Gasteiger partial charge in [-0.3, -0.25) is 9.59 Å². The molecular formula is C24H17Cl4N3O5. The molecule has 0 aromatic heterocycles. The summed E-state index contributed by atoms with van der Waals surface area (Å²) in [7, 11) is 0. The van der Waals surface area contributed by atoms with E-state index >= 15 is 0 Å². The lowest BCUT2D eigenvalue weighted by atomic mass is 10.2. The Bertz CT molecular complexity index is 1350. The van der Waals surface area contributed by atoms with Gasteiger partial charge in [-0.15, -0.1) is 0 Å². The van der Waals surface area contributed by atoms with Crippen molar-refractivity contribution >= 4 is 76.1 Å². The number of hydrogen-bond acceptors (Lipinski definition) is 6. The number of nitrogens with one attached hydrogen (secondary N) is 2. The molecule has 0 heterocycles. The highest BCUT2D eigenvalue weighted by molar-refractivity contribution is 6.43. The van der Waals surface area contributed by atoms with Crippen LogP contribution < -0.4 is 20.2 Å². The summed E-state index contributed by atoms with van der Waals surface area (Å²) in [4.78, 5) is 36.6. The summed E-state index contributed by atoms with van der Waals surface area (Å²) in [5.74, 6) is -2.26. The highest BCUT2D eigenvalue weighted by Crippen LogP contribution is 2.30. The van der Waals surface area contributed by atoms with E-state index in [1.807, 2.05) is 0 Å². The van der Waals surface area contributed by atoms with E-state index in [1.165, 1.54) is 48.7 Å². The largest absolute Gasteiger partial charge is 0.490 e. The third-order valence-electron chi connectivity index (χ3n) is 4.38. The molecule has 0 aliphatic carbocycles. The van der Waals surface area contributed by atoms with Gasteiger partial charge in [-0.1, -0.05) is 46.4 Å². The first-order valence-electron chi connectivity index (χ1n) is 10.2. The maximum Gasteiger partial charge on any atom is 0.345 e. The predicted molar refractivity (Wildman–Crippen MR) is 140 cm³/mol. The van der Waals surface area contributed by atoms with Gasteiger partial charge in [0.25, 0.3) is 0 Å². The van der Waals surface area contributed by atoms with Crippen molar-refractivity contribution in [3.8, 4) is 11.5 Å². The normalized spacial score (nSPS) is 10.7. The van der Waals surface area contributed by atoms with E-state index in [-0.39, 0.29) is 27.1 Å². The molecule has 2 amide bonds. The van der Waals surface area contributed by atoms with Gasteiger partial charge in [0, 0.05) is 10.7 Å². The summed E-state index contributed by atoms with van der Waals surface area (Å²) in [5.41, 5.74) is 3.04. The molecule has 0 spiro atoms. The Balaban J connectivity index is 1.65. The number of ether oxygens (including phenoxy) is 2. The molecule has 0 atom stereocenters. The lowest BCUT2D eigenvalue weighted by molar-refractivity contribution is -0.136. The minimum absolute atomic E-state index is 0.135. The Morgan fingerprint density at radius 3 is 2.33 bits per heavy atom. The first-order valence-corrected chi connectivity index (χ1v) is 11.7. The number of nitrogens with zero attached hydrogens (tertiary/aromatic N) is 1. The van der Waals surface area contributed by atoms with Crippen molar-refractivity contribution in [1.82, 2.24) is 5.43 Å². The third-order valence-corrected chi connectivity index (χ3v) is 5.67. The van der Waals surface area contributed by atoms with Gasteiger partial charge in [0.2, 0.25) is 0 Å². The minimum Gasteiger partial charge on any atom is -0.490 e. The lowest BCUT2D eigenvalue weighted by Crippen LogP contribution is -2.32. The summed E-state index contributed by atoms with van der Waals surface area (Å²) < 4.78 is 11.0. The van der Waals surface area contributed by atoms with E-state index in [1.54, 1.807) is 19.1 Å². The van der Waals surface area contributed by atoms with Crippen molar-refractivity contribution in [2.45, 2.75) is 6.92 Å². The second kappa shape index (κ2) is 12.6. The molecule has 12 heteroatoms. The van der Waals surface area contributed by atoms with Gasteiger partial charge in [-0.25, -0.2) is 10.2 Å². The fourth-order valence-electron chi connectivity index (χ4n) is 2.75. The molecule has 8 nitrogen and oxygen atoms in total. The number of hydrogen-bond donors (Lipinski definition) is 2. The van der Waals surface area contributed by atoms with Crippen molar-refractivity contribution in [3.05, 3.63) is 85.8 Å². The lowest BCUT2D eigenvalue weighted by Gasteiger charge is -2.12. The average molecular weight is 569 g/mol. The summed E-state index contributed by atoms with van der Waals surface area (Å²) in [6.45, 7) is 2.05. The van der Waals surface area contributed by atoms with Crippen LogP contribution in [-0.2, 0) is 9.59 Å². The molecule has 0 radical (unpaired) electrons. The number of carbonyl (C=O) groups excluding carboxylic acids is 3. The van der Waals surface area contributed by atoms with Crippen LogP contribution in [0, 0.1) is 0 Å². The molecule has 3 aromatic rings. The molecule has 3 rings (SSSR count). The number of halogens is 4. The first-order chi connectivity index (χ1) is 17.2. The van der Waals surface area contributed by atoms with Gasteiger partial charge >= 0.3 is 17.8 Å². The van der Waals surface area contributed by atoms with Gasteiger partial charge in [-0.05, 0) is 67.1 Å². The topological polar surface area (TPSA) is 106 Å². The summed E-state index contributed by atoms with van der Waals surface area (Å²) in [5, 5.41) is 7.21. The number of amides is 2. The fraction of sp³-hybridized carbons (Fsp3) is 0.0833. The second-order valence-corrected chi connectivity index (χ2v) is 8.59. The zero-order valence-electron chi connectivity index (χ0n) is 18.5. The molecule has 0 aliphatic rings. The van der Waals surface area contributed by atoms with E-state index in [2.05, 4.69) is 15.8 Å². The van der Waals surface area contributed by atoms with Crippen LogP contribution in [0.3, 0.4) is 0 Å². The summed E-state index contributed by atoms with van der Waals surface area (Å²) in [6.07, 6.45) is 1.29. The van der Waals surface area contributed by atoms with E-state index in [4.69, 9.17) is 55.9 Å². The maximum atomic E-state index is 12.5. The molecule has 0 bridgehead atoms. The Labute approximate surface area is 226 Å². The molecule has 0 aliphatic heterocycles. The van der Waals surface area contributed by atoms with E-state index in [9.17, 15) is 14.4 Å². The zero-order chi connectivity index (χ0) is 26.2. The maximum absolute atomic E-state index is 12.5.